The number of nitrogens with zero attached hydrogens (tertiary/aromatic N) is 2. The number of furan rings is 1. The number of fused-ring (bicyclic) bond motifs is 16. The zero-order valence-electron chi connectivity index (χ0n) is 43.5. The molecule has 2 aromatic heterocycles. The summed E-state index contributed by atoms with van der Waals surface area (Å²) in [5.41, 5.74) is 25.4. The first-order chi connectivity index (χ1) is 39.7. The van der Waals surface area contributed by atoms with Crippen molar-refractivity contribution in [2.24, 2.45) is 0 Å². The summed E-state index contributed by atoms with van der Waals surface area (Å²) in [6, 6.07) is 108. The molecular weight excluding hydrogens is 969 g/mol. The molecule has 3 nitrogen and oxygen atoms in total. The third-order valence-electron chi connectivity index (χ3n) is 17.4. The molecule has 0 radical (unpaired) electrons. The third-order valence-corrected chi connectivity index (χ3v) is 17.4. The van der Waals surface area contributed by atoms with Gasteiger partial charge < -0.3 is 13.9 Å². The predicted octanol–water partition coefficient (Wildman–Crippen LogP) is 20.7. The molecule has 3 heterocycles. The van der Waals surface area contributed by atoms with Gasteiger partial charge in [-0.15, -0.1) is 0 Å². The van der Waals surface area contributed by atoms with Gasteiger partial charge in [-0.05, 0) is 144 Å². The summed E-state index contributed by atoms with van der Waals surface area (Å²) in [5.74, 6) is 0. The molecule has 1 spiro atoms. The predicted molar refractivity (Wildman–Crippen MR) is 333 cm³/mol. The van der Waals surface area contributed by atoms with Crippen LogP contribution in [0.15, 0.2) is 296 Å². The lowest BCUT2D eigenvalue weighted by Crippen LogP contribution is -2.33. The number of aromatic nitrogens is 1. The van der Waals surface area contributed by atoms with Gasteiger partial charge in [0.2, 0.25) is 0 Å². The van der Waals surface area contributed by atoms with Crippen molar-refractivity contribution in [3.8, 4) is 61.3 Å². The van der Waals surface area contributed by atoms with Crippen LogP contribution in [0.4, 0.5) is 17.1 Å². The van der Waals surface area contributed by atoms with Crippen molar-refractivity contribution in [2.45, 2.75) is 5.41 Å². The van der Waals surface area contributed by atoms with Crippen LogP contribution in [0.25, 0.3) is 116 Å². The third kappa shape index (κ3) is 6.37. The van der Waals surface area contributed by atoms with Gasteiger partial charge in [0.15, 0.2) is 0 Å². The van der Waals surface area contributed by atoms with Crippen LogP contribution in [-0.2, 0) is 5.41 Å². The zero-order chi connectivity index (χ0) is 52.5. The summed E-state index contributed by atoms with van der Waals surface area (Å²) in [4.78, 5) is 2.47. The van der Waals surface area contributed by atoms with Crippen LogP contribution >= 0.6 is 0 Å². The smallest absolute Gasteiger partial charge is 0.135 e. The van der Waals surface area contributed by atoms with Crippen molar-refractivity contribution in [2.75, 3.05) is 4.90 Å². The second kappa shape index (κ2) is 17.3. The minimum atomic E-state index is -0.555. The normalized spacial score (nSPS) is 14.1. The maximum absolute atomic E-state index is 6.24. The number of benzene rings is 13. The maximum Gasteiger partial charge on any atom is 0.135 e. The van der Waals surface area contributed by atoms with Crippen LogP contribution in [-0.4, -0.2) is 4.57 Å². The molecule has 0 fully saturated rings. The van der Waals surface area contributed by atoms with Crippen LogP contribution in [0, 0.1) is 0 Å². The second-order valence-electron chi connectivity index (χ2n) is 21.5. The molecule has 0 amide bonds. The quantitative estimate of drug-likeness (QED) is 0.159. The van der Waals surface area contributed by atoms with Crippen LogP contribution in [0.5, 0.6) is 0 Å². The molecule has 1 aliphatic carbocycles. The molecule has 3 heteroatoms. The molecule has 0 N–H and O–H groups in total. The molecule has 1 aliphatic heterocycles. The molecule has 13 aromatic carbocycles. The minimum absolute atomic E-state index is 0.555. The maximum atomic E-state index is 6.24. The van der Waals surface area contributed by atoms with E-state index in [1.54, 1.807) is 0 Å². The summed E-state index contributed by atoms with van der Waals surface area (Å²) in [7, 11) is 0. The van der Waals surface area contributed by atoms with E-state index in [0.717, 1.165) is 66.6 Å². The molecule has 2 aliphatic rings. The monoisotopic (exact) mass is 1020 g/mol. The lowest BCUT2D eigenvalue weighted by Gasteiger charge is -2.39. The largest absolute Gasteiger partial charge is 0.456 e. The van der Waals surface area contributed by atoms with Gasteiger partial charge >= 0.3 is 0 Å². The highest BCUT2D eigenvalue weighted by Gasteiger charge is 2.51. The fourth-order valence-corrected chi connectivity index (χ4v) is 14.0. The van der Waals surface area contributed by atoms with E-state index < -0.39 is 5.41 Å². The van der Waals surface area contributed by atoms with Crippen LogP contribution < -0.4 is 4.90 Å². The molecular formula is C77H48N2O. The molecule has 372 valence electrons. The van der Waals surface area contributed by atoms with E-state index in [1.807, 2.05) is 12.1 Å². The van der Waals surface area contributed by atoms with Gasteiger partial charge in [-0.3, -0.25) is 0 Å². The molecule has 1 atom stereocenters. The van der Waals surface area contributed by atoms with Crippen molar-refractivity contribution in [3.63, 3.8) is 0 Å². The number of hydrogen-bond donors (Lipinski definition) is 0. The first-order valence-corrected chi connectivity index (χ1v) is 27.6. The summed E-state index contributed by atoms with van der Waals surface area (Å²) >= 11 is 0. The van der Waals surface area contributed by atoms with Gasteiger partial charge in [-0.2, -0.15) is 0 Å². The summed E-state index contributed by atoms with van der Waals surface area (Å²) in [6.07, 6.45) is 0. The van der Waals surface area contributed by atoms with Crippen LogP contribution in [0.1, 0.15) is 22.3 Å². The molecule has 17 rings (SSSR count). The molecule has 0 bridgehead atoms. The van der Waals surface area contributed by atoms with E-state index in [1.165, 1.54) is 88.5 Å². The summed E-state index contributed by atoms with van der Waals surface area (Å²) in [6.45, 7) is 0. The highest BCUT2D eigenvalue weighted by molar-refractivity contribution is 6.14. The number of rotatable bonds is 7. The molecule has 0 saturated carbocycles. The molecule has 15 aromatic rings. The first kappa shape index (κ1) is 44.6. The van der Waals surface area contributed by atoms with Gasteiger partial charge in [-0.25, -0.2) is 0 Å². The zero-order valence-corrected chi connectivity index (χ0v) is 43.5. The van der Waals surface area contributed by atoms with Crippen molar-refractivity contribution < 1.29 is 4.42 Å². The van der Waals surface area contributed by atoms with E-state index >= 15 is 0 Å². The standard InChI is InChI=1S/C77H48N2O/c1-2-18-49(19-3-1)51-20-16-21-53(46-51)57-22-7-12-32-70(57)78(55-40-36-50(37-41-55)52-39-45-75-65(47-52)63-27-9-15-35-74(63)80-75)72-44-43-56(58-23-4-5-25-61(58)72)54-38-42-60-59-24-6-10-29-66(59)77(69(60)48-54)67-30-11-14-34-73(67)79-71-33-13-8-26-62(71)64-28-17-31-68(77)76(64)79/h1-48H. The Kier molecular flexibility index (Phi) is 9.63. The lowest BCUT2D eigenvalue weighted by molar-refractivity contribution is 0.669. The van der Waals surface area contributed by atoms with Gasteiger partial charge in [0.05, 0.1) is 33.5 Å². The Morgan fingerprint density at radius 1 is 0.287 bits per heavy atom. The SMILES string of the molecule is c1ccc(-c2cccc(-c3ccccc3N(c3ccc(-c4ccc5oc6ccccc6c5c4)cc3)c3ccc(-c4ccc5c(c4)C4(c6ccccc6-5)c5ccccc5-n5c6ccccc6c6cccc4c65)c4ccccc34)c2)cc1. The first-order valence-electron chi connectivity index (χ1n) is 27.6. The Labute approximate surface area is 463 Å². The van der Waals surface area contributed by atoms with E-state index in [4.69, 9.17) is 4.42 Å². The summed E-state index contributed by atoms with van der Waals surface area (Å²) < 4.78 is 8.76. The Bertz CT molecular complexity index is 5020. The minimum Gasteiger partial charge on any atom is -0.456 e. The van der Waals surface area contributed by atoms with Gasteiger partial charge in [0, 0.05) is 38.2 Å². The Morgan fingerprint density at radius 3 is 1.75 bits per heavy atom. The Morgan fingerprint density at radius 2 is 0.863 bits per heavy atom. The highest BCUT2D eigenvalue weighted by Crippen LogP contribution is 2.62. The molecule has 80 heavy (non-hydrogen) atoms. The fourth-order valence-electron chi connectivity index (χ4n) is 14.0. The number of anilines is 3. The van der Waals surface area contributed by atoms with Crippen molar-refractivity contribution in [3.05, 3.63) is 313 Å². The second-order valence-corrected chi connectivity index (χ2v) is 21.5. The number of para-hydroxylation sites is 5. The average Bonchev–Trinajstić information content (AvgIpc) is 3.96. The topological polar surface area (TPSA) is 21.3 Å². The van der Waals surface area contributed by atoms with E-state index in [0.29, 0.717) is 0 Å². The van der Waals surface area contributed by atoms with E-state index in [-0.39, 0.29) is 0 Å². The average molecular weight is 1020 g/mol. The highest BCUT2D eigenvalue weighted by atomic mass is 16.3. The van der Waals surface area contributed by atoms with Gasteiger partial charge in [-0.1, -0.05) is 224 Å². The Balaban J connectivity index is 0.859. The van der Waals surface area contributed by atoms with Crippen LogP contribution in [0.2, 0.25) is 0 Å². The van der Waals surface area contributed by atoms with E-state index in [9.17, 15) is 0 Å². The molecule has 0 saturated heterocycles. The van der Waals surface area contributed by atoms with Gasteiger partial charge in [0.1, 0.15) is 11.2 Å². The fraction of sp³-hybridized carbons (Fsp3) is 0.0130. The van der Waals surface area contributed by atoms with E-state index in [2.05, 4.69) is 289 Å². The molecule has 1 unspecified atom stereocenters. The Hall–Kier alpha value is -10.5. The van der Waals surface area contributed by atoms with Gasteiger partial charge in [0.25, 0.3) is 0 Å². The number of hydrogen-bond acceptors (Lipinski definition) is 2. The van der Waals surface area contributed by atoms with Crippen molar-refractivity contribution >= 4 is 71.6 Å². The van der Waals surface area contributed by atoms with Crippen LogP contribution in [0.3, 0.4) is 0 Å². The van der Waals surface area contributed by atoms with Crippen molar-refractivity contribution in [1.82, 2.24) is 4.57 Å². The lowest BCUT2D eigenvalue weighted by atomic mass is 9.65. The van der Waals surface area contributed by atoms with Crippen molar-refractivity contribution in [1.29, 1.82) is 0 Å². The summed E-state index contributed by atoms with van der Waals surface area (Å²) in [5, 5.41) is 7.15.